The molecule has 0 aliphatic rings. The van der Waals surface area contributed by atoms with Gasteiger partial charge in [0.05, 0.1) is 18.0 Å². The molecule has 12 heteroatoms. The SMILES string of the molecule is CC(C)OC(=O)Nc1c(N)nc(-c2nn(Cc3ccc(F)s3)c3ncccc23)nc1N. The van der Waals surface area contributed by atoms with E-state index >= 15 is 0 Å². The molecule has 0 aromatic carbocycles. The van der Waals surface area contributed by atoms with Crippen molar-refractivity contribution in [2.24, 2.45) is 0 Å². The number of anilines is 3. The zero-order valence-corrected chi connectivity index (χ0v) is 17.5. The molecule has 10 nitrogen and oxygen atoms in total. The van der Waals surface area contributed by atoms with E-state index in [1.54, 1.807) is 36.9 Å². The number of nitrogen functional groups attached to an aromatic ring is 2. The standard InChI is InChI=1S/C19H19FN8O2S/c1-9(2)30-19(29)24-14-15(21)25-17(26-16(14)22)13-11-4-3-7-23-18(11)28(27-13)8-10-5-6-12(20)31-10/h3-7,9H,8H2,1-2H3,(H,24,29)(H4,21,22,25,26). The molecular weight excluding hydrogens is 423 g/mol. The molecule has 4 aromatic heterocycles. The summed E-state index contributed by atoms with van der Waals surface area (Å²) in [5, 5.41) is 7.43. The molecule has 0 fully saturated rings. The summed E-state index contributed by atoms with van der Waals surface area (Å²) in [5.41, 5.74) is 13.1. The van der Waals surface area contributed by atoms with Crippen LogP contribution in [-0.2, 0) is 11.3 Å². The maximum Gasteiger partial charge on any atom is 0.412 e. The summed E-state index contributed by atoms with van der Waals surface area (Å²) in [6.07, 6.45) is 0.602. The lowest BCUT2D eigenvalue weighted by atomic mass is 10.2. The zero-order valence-electron chi connectivity index (χ0n) is 16.7. The fraction of sp³-hybridized carbons (Fsp3) is 0.211. The van der Waals surface area contributed by atoms with Gasteiger partial charge in [0.15, 0.2) is 28.2 Å². The summed E-state index contributed by atoms with van der Waals surface area (Å²) in [4.78, 5) is 25.6. The van der Waals surface area contributed by atoms with E-state index in [-0.39, 0.29) is 34.4 Å². The molecule has 0 aliphatic carbocycles. The number of aromatic nitrogens is 5. The van der Waals surface area contributed by atoms with Gasteiger partial charge in [0, 0.05) is 11.1 Å². The third-order valence-electron chi connectivity index (χ3n) is 4.19. The summed E-state index contributed by atoms with van der Waals surface area (Å²) in [7, 11) is 0. The molecule has 1 amide bonds. The molecular formula is C19H19FN8O2S. The molecule has 31 heavy (non-hydrogen) atoms. The van der Waals surface area contributed by atoms with Gasteiger partial charge in [0.25, 0.3) is 0 Å². The Morgan fingerprint density at radius 1 is 1.26 bits per heavy atom. The van der Waals surface area contributed by atoms with Crippen LogP contribution in [0.4, 0.5) is 26.5 Å². The Hall–Kier alpha value is -3.80. The van der Waals surface area contributed by atoms with Crippen molar-refractivity contribution in [3.63, 3.8) is 0 Å². The van der Waals surface area contributed by atoms with Gasteiger partial charge in [0.2, 0.25) is 0 Å². The van der Waals surface area contributed by atoms with Crippen molar-refractivity contribution >= 4 is 45.8 Å². The van der Waals surface area contributed by atoms with Gasteiger partial charge in [-0.05, 0) is 38.1 Å². The second-order valence-corrected chi connectivity index (χ2v) is 7.98. The quantitative estimate of drug-likeness (QED) is 0.427. The first kappa shape index (κ1) is 20.5. The molecule has 4 heterocycles. The van der Waals surface area contributed by atoms with Crippen LogP contribution in [-0.4, -0.2) is 36.9 Å². The van der Waals surface area contributed by atoms with Crippen LogP contribution in [0.2, 0.25) is 0 Å². The predicted octanol–water partition coefficient (Wildman–Crippen LogP) is 3.26. The third kappa shape index (κ3) is 4.23. The number of fused-ring (bicyclic) bond motifs is 1. The Balaban J connectivity index is 1.72. The van der Waals surface area contributed by atoms with E-state index < -0.39 is 6.09 Å². The van der Waals surface area contributed by atoms with Gasteiger partial charge < -0.3 is 16.2 Å². The van der Waals surface area contributed by atoms with Gasteiger partial charge in [-0.25, -0.2) is 24.4 Å². The number of halogens is 1. The van der Waals surface area contributed by atoms with Gasteiger partial charge in [-0.3, -0.25) is 5.32 Å². The number of rotatable bonds is 5. The van der Waals surface area contributed by atoms with Crippen molar-refractivity contribution in [1.82, 2.24) is 24.7 Å². The van der Waals surface area contributed by atoms with Crippen molar-refractivity contribution in [1.29, 1.82) is 0 Å². The van der Waals surface area contributed by atoms with E-state index in [1.165, 1.54) is 6.07 Å². The molecule has 0 bridgehead atoms. The Kier molecular flexibility index (Phi) is 5.38. The first-order valence-electron chi connectivity index (χ1n) is 9.28. The normalized spacial score (nSPS) is 11.2. The number of hydrogen-bond donors (Lipinski definition) is 3. The number of thiophene rings is 1. The van der Waals surface area contributed by atoms with Crippen molar-refractivity contribution in [2.75, 3.05) is 16.8 Å². The minimum absolute atomic E-state index is 0.0323. The molecule has 5 N–H and O–H groups in total. The minimum atomic E-state index is -0.716. The molecule has 0 spiro atoms. The van der Waals surface area contributed by atoms with Crippen molar-refractivity contribution < 1.29 is 13.9 Å². The fourth-order valence-electron chi connectivity index (χ4n) is 2.94. The van der Waals surface area contributed by atoms with Gasteiger partial charge in [-0.15, -0.1) is 11.3 Å². The summed E-state index contributed by atoms with van der Waals surface area (Å²) in [5.74, 6) is 0.108. The van der Waals surface area contributed by atoms with Crippen LogP contribution in [0.5, 0.6) is 0 Å². The Bertz CT molecular complexity index is 1250. The highest BCUT2D eigenvalue weighted by Crippen LogP contribution is 2.30. The number of nitrogens with zero attached hydrogens (tertiary/aromatic N) is 5. The number of nitrogens with one attached hydrogen (secondary N) is 1. The number of ether oxygens (including phenoxy) is 1. The van der Waals surface area contributed by atoms with Gasteiger partial charge in [-0.2, -0.15) is 9.49 Å². The van der Waals surface area contributed by atoms with Crippen LogP contribution in [0, 0.1) is 5.13 Å². The second-order valence-electron chi connectivity index (χ2n) is 6.86. The number of carbonyl (C=O) groups excluding carboxylic acids is 1. The smallest absolute Gasteiger partial charge is 0.412 e. The minimum Gasteiger partial charge on any atom is -0.447 e. The van der Waals surface area contributed by atoms with Crippen LogP contribution in [0.3, 0.4) is 0 Å². The molecule has 0 unspecified atom stereocenters. The van der Waals surface area contributed by atoms with E-state index in [4.69, 9.17) is 16.2 Å². The van der Waals surface area contributed by atoms with Gasteiger partial charge in [0.1, 0.15) is 11.4 Å². The third-order valence-corrected chi connectivity index (χ3v) is 5.05. The van der Waals surface area contributed by atoms with Crippen molar-refractivity contribution in [3.05, 3.63) is 40.5 Å². The van der Waals surface area contributed by atoms with Gasteiger partial charge >= 0.3 is 6.09 Å². The summed E-state index contributed by atoms with van der Waals surface area (Å²) >= 11 is 1.03. The highest BCUT2D eigenvalue weighted by molar-refractivity contribution is 7.10. The zero-order chi connectivity index (χ0) is 22.1. The van der Waals surface area contributed by atoms with Crippen LogP contribution in [0.1, 0.15) is 18.7 Å². The number of pyridine rings is 1. The number of hydrogen-bond acceptors (Lipinski definition) is 9. The van der Waals surface area contributed by atoms with Crippen LogP contribution < -0.4 is 16.8 Å². The lowest BCUT2D eigenvalue weighted by Crippen LogP contribution is -2.20. The Morgan fingerprint density at radius 3 is 2.65 bits per heavy atom. The van der Waals surface area contributed by atoms with E-state index in [2.05, 4.69) is 25.4 Å². The molecule has 0 aliphatic heterocycles. The lowest BCUT2D eigenvalue weighted by Gasteiger charge is -2.12. The van der Waals surface area contributed by atoms with Crippen molar-refractivity contribution in [2.45, 2.75) is 26.5 Å². The average Bonchev–Trinajstić information content (AvgIpc) is 3.28. The largest absolute Gasteiger partial charge is 0.447 e. The first-order valence-corrected chi connectivity index (χ1v) is 10.1. The molecule has 4 rings (SSSR count). The lowest BCUT2D eigenvalue weighted by molar-refractivity contribution is 0.130. The summed E-state index contributed by atoms with van der Waals surface area (Å²) in [6, 6.07) is 6.67. The van der Waals surface area contributed by atoms with E-state index in [1.807, 2.05) is 6.07 Å². The number of carbonyl (C=O) groups is 1. The predicted molar refractivity (Wildman–Crippen MR) is 116 cm³/mol. The summed E-state index contributed by atoms with van der Waals surface area (Å²) < 4.78 is 20.1. The molecule has 160 valence electrons. The van der Waals surface area contributed by atoms with E-state index in [0.29, 0.717) is 23.3 Å². The van der Waals surface area contributed by atoms with E-state index in [9.17, 15) is 9.18 Å². The monoisotopic (exact) mass is 442 g/mol. The Labute approximate surface area is 180 Å². The first-order chi connectivity index (χ1) is 14.8. The van der Waals surface area contributed by atoms with Crippen molar-refractivity contribution in [3.8, 4) is 11.5 Å². The Morgan fingerprint density at radius 2 is 2.00 bits per heavy atom. The van der Waals surface area contributed by atoms with Crippen LogP contribution in [0.25, 0.3) is 22.6 Å². The highest BCUT2D eigenvalue weighted by atomic mass is 32.1. The highest BCUT2D eigenvalue weighted by Gasteiger charge is 2.20. The molecule has 0 saturated carbocycles. The maximum absolute atomic E-state index is 13.4. The van der Waals surface area contributed by atoms with Crippen LogP contribution >= 0.6 is 11.3 Å². The molecule has 0 saturated heterocycles. The maximum atomic E-state index is 13.4. The molecule has 0 radical (unpaired) electrons. The van der Waals surface area contributed by atoms with E-state index in [0.717, 1.165) is 16.2 Å². The summed E-state index contributed by atoms with van der Waals surface area (Å²) in [6.45, 7) is 3.76. The topological polar surface area (TPSA) is 147 Å². The fourth-order valence-corrected chi connectivity index (χ4v) is 3.65. The molecule has 4 aromatic rings. The van der Waals surface area contributed by atoms with Gasteiger partial charge in [-0.1, -0.05) is 0 Å². The molecule has 0 atom stereocenters. The number of nitrogens with two attached hydrogens (primary N) is 2. The average molecular weight is 442 g/mol. The van der Waals surface area contributed by atoms with Crippen LogP contribution in [0.15, 0.2) is 30.5 Å². The second kappa shape index (κ2) is 8.14. The number of amides is 1.